The second kappa shape index (κ2) is 6.40. The van der Waals surface area contributed by atoms with Gasteiger partial charge in [0.05, 0.1) is 12.2 Å². The minimum Gasteiger partial charge on any atom is -0.296 e. The molecule has 0 atom stereocenters. The van der Waals surface area contributed by atoms with Crippen molar-refractivity contribution in [2.75, 3.05) is 5.32 Å². The van der Waals surface area contributed by atoms with E-state index < -0.39 is 0 Å². The summed E-state index contributed by atoms with van der Waals surface area (Å²) in [5.74, 6) is 0.396. The topological polar surface area (TPSA) is 72.7 Å². The molecule has 3 aromatic rings. The Morgan fingerprint density at radius 1 is 1.24 bits per heavy atom. The third-order valence-corrected chi connectivity index (χ3v) is 5.24. The highest BCUT2D eigenvalue weighted by atomic mass is 32.1. The minimum absolute atomic E-state index is 0.156. The second-order valence-corrected chi connectivity index (χ2v) is 7.46. The summed E-state index contributed by atoms with van der Waals surface area (Å²) in [5.41, 5.74) is 3.85. The van der Waals surface area contributed by atoms with Gasteiger partial charge in [0.1, 0.15) is 5.01 Å². The van der Waals surface area contributed by atoms with Gasteiger partial charge in [-0.1, -0.05) is 23.5 Å². The maximum absolute atomic E-state index is 12.3. The number of aromatic nitrogens is 4. The van der Waals surface area contributed by atoms with Gasteiger partial charge in [-0.2, -0.15) is 5.10 Å². The average Bonchev–Trinajstić information content (AvgIpc) is 3.26. The third kappa shape index (κ3) is 3.61. The van der Waals surface area contributed by atoms with Gasteiger partial charge < -0.3 is 0 Å². The quantitative estimate of drug-likeness (QED) is 0.761. The minimum atomic E-state index is -0.156. The molecule has 1 fully saturated rings. The third-order valence-electron chi connectivity index (χ3n) is 4.24. The summed E-state index contributed by atoms with van der Waals surface area (Å²) in [6.45, 7) is 4.72. The molecule has 0 unspecified atom stereocenters. The Hall–Kier alpha value is -2.54. The first kappa shape index (κ1) is 16.0. The second-order valence-electron chi connectivity index (χ2n) is 6.46. The maximum Gasteiger partial charge on any atom is 0.257 e. The van der Waals surface area contributed by atoms with Crippen LogP contribution >= 0.6 is 11.3 Å². The predicted octanol–water partition coefficient (Wildman–Crippen LogP) is 3.53. The lowest BCUT2D eigenvalue weighted by Gasteiger charge is -2.06. The number of benzene rings is 1. The molecule has 6 nitrogen and oxygen atoms in total. The molecular weight excluding hydrogens is 334 g/mol. The smallest absolute Gasteiger partial charge is 0.257 e. The zero-order valence-corrected chi connectivity index (χ0v) is 15.0. The van der Waals surface area contributed by atoms with Crippen LogP contribution in [0.3, 0.4) is 0 Å². The molecule has 1 aromatic carbocycles. The van der Waals surface area contributed by atoms with Crippen LogP contribution in [-0.4, -0.2) is 25.9 Å². The van der Waals surface area contributed by atoms with Crippen molar-refractivity contribution in [1.82, 2.24) is 20.0 Å². The largest absolute Gasteiger partial charge is 0.296 e. The maximum atomic E-state index is 12.3. The van der Waals surface area contributed by atoms with Crippen molar-refractivity contribution in [3.8, 4) is 0 Å². The summed E-state index contributed by atoms with van der Waals surface area (Å²) in [6.07, 6.45) is 2.36. The SMILES string of the molecule is Cc1cc(C)n(Cc2ccc(C(=O)Nc3nnc(C4CC4)s3)cc2)n1. The number of anilines is 1. The van der Waals surface area contributed by atoms with E-state index in [1.165, 1.54) is 24.2 Å². The summed E-state index contributed by atoms with van der Waals surface area (Å²) in [5, 5.41) is 17.1. The van der Waals surface area contributed by atoms with Gasteiger partial charge in [-0.3, -0.25) is 14.8 Å². The highest BCUT2D eigenvalue weighted by Gasteiger charge is 2.27. The summed E-state index contributed by atoms with van der Waals surface area (Å²) < 4.78 is 1.96. The number of amides is 1. The van der Waals surface area contributed by atoms with Crippen LogP contribution in [0.4, 0.5) is 5.13 Å². The fraction of sp³-hybridized carbons (Fsp3) is 0.333. The molecule has 128 valence electrons. The zero-order chi connectivity index (χ0) is 17.4. The molecule has 2 heterocycles. The molecule has 0 bridgehead atoms. The highest BCUT2D eigenvalue weighted by molar-refractivity contribution is 7.15. The van der Waals surface area contributed by atoms with Crippen LogP contribution in [0.1, 0.15) is 51.1 Å². The Morgan fingerprint density at radius 3 is 2.64 bits per heavy atom. The van der Waals surface area contributed by atoms with E-state index in [9.17, 15) is 4.79 Å². The lowest BCUT2D eigenvalue weighted by molar-refractivity contribution is 0.102. The molecule has 25 heavy (non-hydrogen) atoms. The molecule has 1 aliphatic rings. The summed E-state index contributed by atoms with van der Waals surface area (Å²) in [7, 11) is 0. The van der Waals surface area contributed by atoms with Crippen molar-refractivity contribution in [2.24, 2.45) is 0 Å². The molecule has 4 rings (SSSR count). The van der Waals surface area contributed by atoms with E-state index in [-0.39, 0.29) is 5.91 Å². The Kier molecular flexibility index (Phi) is 4.09. The summed E-state index contributed by atoms with van der Waals surface area (Å²) in [4.78, 5) is 12.3. The van der Waals surface area contributed by atoms with Crippen molar-refractivity contribution >= 4 is 22.4 Å². The fourth-order valence-electron chi connectivity index (χ4n) is 2.72. The first-order valence-electron chi connectivity index (χ1n) is 8.33. The van der Waals surface area contributed by atoms with Crippen molar-refractivity contribution in [2.45, 2.75) is 39.2 Å². The fourth-order valence-corrected chi connectivity index (χ4v) is 3.63. The molecule has 2 aromatic heterocycles. The van der Waals surface area contributed by atoms with Crippen LogP contribution in [0, 0.1) is 13.8 Å². The number of hydrogen-bond donors (Lipinski definition) is 1. The number of carbonyl (C=O) groups excluding carboxylic acids is 1. The molecular formula is C18H19N5OS. The number of rotatable bonds is 5. The number of nitrogens with zero attached hydrogens (tertiary/aromatic N) is 4. The normalized spacial score (nSPS) is 13.8. The molecule has 1 N–H and O–H groups in total. The molecule has 0 radical (unpaired) electrons. The van der Waals surface area contributed by atoms with Crippen LogP contribution in [0.15, 0.2) is 30.3 Å². The summed E-state index contributed by atoms with van der Waals surface area (Å²) in [6, 6.07) is 9.64. The number of nitrogens with one attached hydrogen (secondary N) is 1. The van der Waals surface area contributed by atoms with E-state index >= 15 is 0 Å². The molecule has 0 spiro atoms. The number of aryl methyl sites for hydroxylation is 2. The molecule has 1 saturated carbocycles. The van der Waals surface area contributed by atoms with E-state index in [0.717, 1.165) is 22.0 Å². The van der Waals surface area contributed by atoms with Crippen molar-refractivity contribution in [3.63, 3.8) is 0 Å². The van der Waals surface area contributed by atoms with Crippen LogP contribution < -0.4 is 5.32 Å². The van der Waals surface area contributed by atoms with Crippen LogP contribution in [0.2, 0.25) is 0 Å². The van der Waals surface area contributed by atoms with Gasteiger partial charge in [0.15, 0.2) is 0 Å². The van der Waals surface area contributed by atoms with Gasteiger partial charge in [-0.25, -0.2) is 0 Å². The predicted molar refractivity (Wildman–Crippen MR) is 97.1 cm³/mol. The molecule has 0 saturated heterocycles. The van der Waals surface area contributed by atoms with Crippen molar-refractivity contribution in [3.05, 3.63) is 57.9 Å². The van der Waals surface area contributed by atoms with E-state index in [1.807, 2.05) is 42.8 Å². The average molecular weight is 353 g/mol. The lowest BCUT2D eigenvalue weighted by atomic mass is 10.1. The van der Waals surface area contributed by atoms with Gasteiger partial charge in [0.25, 0.3) is 5.91 Å². The highest BCUT2D eigenvalue weighted by Crippen LogP contribution is 2.42. The van der Waals surface area contributed by atoms with E-state index in [2.05, 4.69) is 26.7 Å². The number of carbonyl (C=O) groups is 1. The zero-order valence-electron chi connectivity index (χ0n) is 14.2. The molecule has 7 heteroatoms. The first-order chi connectivity index (χ1) is 12.1. The van der Waals surface area contributed by atoms with Gasteiger partial charge in [-0.05, 0) is 50.5 Å². The Morgan fingerprint density at radius 2 is 2.00 bits per heavy atom. The molecule has 1 amide bonds. The van der Waals surface area contributed by atoms with Gasteiger partial charge in [0.2, 0.25) is 5.13 Å². The molecule has 0 aliphatic heterocycles. The van der Waals surface area contributed by atoms with Crippen molar-refractivity contribution < 1.29 is 4.79 Å². The van der Waals surface area contributed by atoms with E-state index in [1.54, 1.807) is 0 Å². The van der Waals surface area contributed by atoms with Crippen LogP contribution in [0.5, 0.6) is 0 Å². The van der Waals surface area contributed by atoms with Crippen molar-refractivity contribution in [1.29, 1.82) is 0 Å². The summed E-state index contributed by atoms with van der Waals surface area (Å²) >= 11 is 1.47. The van der Waals surface area contributed by atoms with Gasteiger partial charge in [-0.15, -0.1) is 10.2 Å². The molecule has 1 aliphatic carbocycles. The van der Waals surface area contributed by atoms with Crippen LogP contribution in [-0.2, 0) is 6.54 Å². The Labute approximate surface area is 149 Å². The lowest BCUT2D eigenvalue weighted by Crippen LogP contribution is -2.12. The van der Waals surface area contributed by atoms with E-state index in [0.29, 0.717) is 23.2 Å². The number of hydrogen-bond acceptors (Lipinski definition) is 5. The van der Waals surface area contributed by atoms with Crippen LogP contribution in [0.25, 0.3) is 0 Å². The van der Waals surface area contributed by atoms with Gasteiger partial charge >= 0.3 is 0 Å². The van der Waals surface area contributed by atoms with Gasteiger partial charge in [0, 0.05) is 17.2 Å². The standard InChI is InChI=1S/C18H19N5OS/c1-11-9-12(2)23(22-11)10-13-3-5-14(6-4-13)16(24)19-18-21-20-17(25-18)15-7-8-15/h3-6,9,15H,7-8,10H2,1-2H3,(H,19,21,24). The first-order valence-corrected chi connectivity index (χ1v) is 9.15. The Bertz CT molecular complexity index is 908. The monoisotopic (exact) mass is 353 g/mol. The van der Waals surface area contributed by atoms with E-state index in [4.69, 9.17) is 0 Å². The Balaban J connectivity index is 1.41.